The first kappa shape index (κ1) is 29.5. The molecule has 0 aromatic heterocycles. The van der Waals surface area contributed by atoms with Gasteiger partial charge in [-0.05, 0) is 59.4 Å². The molecule has 4 aromatic carbocycles. The second-order valence-corrected chi connectivity index (χ2v) is 10.5. The number of nitrogens with one attached hydrogen (secondary N) is 2. The first-order valence-electron chi connectivity index (χ1n) is 14.2. The zero-order valence-corrected chi connectivity index (χ0v) is 24.1. The van der Waals surface area contributed by atoms with E-state index in [-0.39, 0.29) is 19.1 Å². The predicted octanol–water partition coefficient (Wildman–Crippen LogP) is 5.66. The van der Waals surface area contributed by atoms with Crippen LogP contribution in [0.3, 0.4) is 0 Å². The summed E-state index contributed by atoms with van der Waals surface area (Å²) in [5.74, 6) is -0.192. The number of hydrogen-bond donors (Lipinski definition) is 2. The molecule has 0 saturated heterocycles. The largest absolute Gasteiger partial charge is 0.489 e. The lowest BCUT2D eigenvalue weighted by atomic mass is 9.98. The minimum atomic E-state index is -1.28. The summed E-state index contributed by atoms with van der Waals surface area (Å²) in [6.07, 6.45) is -1.45. The monoisotopic (exact) mass is 578 g/mol. The third kappa shape index (κ3) is 7.47. The summed E-state index contributed by atoms with van der Waals surface area (Å²) in [6, 6.07) is 30.7. The number of carbonyl (C=O) groups excluding carboxylic acids is 3. The van der Waals surface area contributed by atoms with Crippen LogP contribution in [0.5, 0.6) is 5.75 Å². The Morgan fingerprint density at radius 2 is 1.37 bits per heavy atom. The summed E-state index contributed by atoms with van der Waals surface area (Å²) in [5.41, 5.74) is 7.37. The molecule has 0 spiro atoms. The molecular weight excluding hydrogens is 544 g/mol. The lowest BCUT2D eigenvalue weighted by Crippen LogP contribution is -2.54. The van der Waals surface area contributed by atoms with Gasteiger partial charge in [0, 0.05) is 5.92 Å². The summed E-state index contributed by atoms with van der Waals surface area (Å²) < 4.78 is 16.9. The van der Waals surface area contributed by atoms with Crippen LogP contribution >= 0.6 is 0 Å². The molecular formula is C35H34N2O6. The third-order valence-corrected chi connectivity index (χ3v) is 7.31. The summed E-state index contributed by atoms with van der Waals surface area (Å²) in [4.78, 5) is 37.0. The second-order valence-electron chi connectivity index (χ2n) is 10.5. The Morgan fingerprint density at radius 3 is 2.00 bits per heavy atom. The topological polar surface area (TPSA) is 103 Å². The number of esters is 1. The minimum Gasteiger partial charge on any atom is -0.489 e. The highest BCUT2D eigenvalue weighted by atomic mass is 16.6. The van der Waals surface area contributed by atoms with Gasteiger partial charge in [-0.1, -0.05) is 90.5 Å². The summed E-state index contributed by atoms with van der Waals surface area (Å²) >= 11 is 0. The first-order valence-corrected chi connectivity index (χ1v) is 14.2. The molecule has 43 heavy (non-hydrogen) atoms. The van der Waals surface area contributed by atoms with Crippen molar-refractivity contribution >= 4 is 18.3 Å². The quantitative estimate of drug-likeness (QED) is 0.127. The molecule has 0 heterocycles. The van der Waals surface area contributed by atoms with E-state index in [0.717, 1.165) is 33.4 Å². The SMILES string of the molecule is Cc1ccc(COc2ccc(COC(=O)[C@@H](NC(=O)OCC3c4ccccc4-c4ccccc43)N[C@@H](C)C=O)cc2)cc1. The van der Waals surface area contributed by atoms with Gasteiger partial charge in [0.15, 0.2) is 6.17 Å². The van der Waals surface area contributed by atoms with Crippen LogP contribution in [-0.2, 0) is 32.3 Å². The Balaban J connectivity index is 1.15. The lowest BCUT2D eigenvalue weighted by molar-refractivity contribution is -0.148. The Morgan fingerprint density at radius 1 is 0.791 bits per heavy atom. The minimum absolute atomic E-state index is 0.0307. The number of hydrogen-bond acceptors (Lipinski definition) is 7. The van der Waals surface area contributed by atoms with Gasteiger partial charge in [0.2, 0.25) is 0 Å². The highest BCUT2D eigenvalue weighted by Crippen LogP contribution is 2.44. The van der Waals surface area contributed by atoms with Gasteiger partial charge in [-0.25, -0.2) is 9.59 Å². The Hall–Kier alpha value is -4.95. The summed E-state index contributed by atoms with van der Waals surface area (Å²) in [5, 5.41) is 5.27. The van der Waals surface area contributed by atoms with Crippen LogP contribution in [0.4, 0.5) is 4.79 Å². The highest BCUT2D eigenvalue weighted by molar-refractivity contribution is 5.82. The van der Waals surface area contributed by atoms with Crippen LogP contribution in [0.15, 0.2) is 97.1 Å². The van der Waals surface area contributed by atoms with Crippen LogP contribution in [0.1, 0.15) is 40.7 Å². The fourth-order valence-corrected chi connectivity index (χ4v) is 5.00. The van der Waals surface area contributed by atoms with Crippen molar-refractivity contribution < 1.29 is 28.6 Å². The van der Waals surface area contributed by atoms with Gasteiger partial charge in [0.05, 0.1) is 6.04 Å². The van der Waals surface area contributed by atoms with Crippen molar-refractivity contribution in [1.29, 1.82) is 0 Å². The number of carbonyl (C=O) groups is 3. The van der Waals surface area contributed by atoms with Crippen LogP contribution < -0.4 is 15.4 Å². The maximum absolute atomic E-state index is 12.9. The van der Waals surface area contributed by atoms with Crippen molar-refractivity contribution in [1.82, 2.24) is 10.6 Å². The van der Waals surface area contributed by atoms with Crippen molar-refractivity contribution in [3.05, 3.63) is 125 Å². The number of alkyl carbamates (subject to hydrolysis) is 1. The molecule has 2 N–H and O–H groups in total. The van der Waals surface area contributed by atoms with Gasteiger partial charge in [0.25, 0.3) is 0 Å². The van der Waals surface area contributed by atoms with Crippen molar-refractivity contribution in [2.75, 3.05) is 6.61 Å². The van der Waals surface area contributed by atoms with Gasteiger partial charge in [-0.2, -0.15) is 0 Å². The number of amides is 1. The molecule has 0 saturated carbocycles. The molecule has 0 aliphatic heterocycles. The molecule has 0 bridgehead atoms. The van der Waals surface area contributed by atoms with Crippen molar-refractivity contribution in [3.63, 3.8) is 0 Å². The fraction of sp³-hybridized carbons (Fsp3) is 0.229. The number of fused-ring (bicyclic) bond motifs is 3. The van der Waals surface area contributed by atoms with E-state index < -0.39 is 24.3 Å². The van der Waals surface area contributed by atoms with Gasteiger partial charge in [-0.15, -0.1) is 0 Å². The van der Waals surface area contributed by atoms with E-state index in [4.69, 9.17) is 14.2 Å². The number of aryl methyl sites for hydroxylation is 1. The first-order chi connectivity index (χ1) is 20.9. The summed E-state index contributed by atoms with van der Waals surface area (Å²) in [7, 11) is 0. The Kier molecular flexibility index (Phi) is 9.49. The standard InChI is InChI=1S/C35H34N2O6/c1-23-11-13-25(14-12-23)20-41-27-17-15-26(16-18-27)21-42-34(39)33(36-24(2)19-38)37-35(40)43-22-32-30-9-5-3-7-28(30)29-8-4-6-10-31(29)32/h3-19,24,32-33,36H,20-22H2,1-2H3,(H,37,40)/t24-,33+/m0/s1. The average Bonchev–Trinajstić information content (AvgIpc) is 3.36. The van der Waals surface area contributed by atoms with Crippen molar-refractivity contribution in [2.24, 2.45) is 0 Å². The maximum Gasteiger partial charge on any atom is 0.408 e. The number of benzene rings is 4. The normalized spacial score (nSPS) is 13.3. The number of ether oxygens (including phenoxy) is 3. The van der Waals surface area contributed by atoms with Gasteiger partial charge in [-0.3, -0.25) is 10.6 Å². The maximum atomic E-state index is 12.9. The van der Waals surface area contributed by atoms with Crippen molar-refractivity contribution in [2.45, 2.75) is 45.2 Å². The molecule has 0 fully saturated rings. The molecule has 5 rings (SSSR count). The summed E-state index contributed by atoms with van der Waals surface area (Å²) in [6.45, 7) is 4.11. The third-order valence-electron chi connectivity index (χ3n) is 7.31. The van der Waals surface area contributed by atoms with Crippen LogP contribution in [-0.4, -0.2) is 37.2 Å². The Bertz CT molecular complexity index is 1520. The zero-order valence-electron chi connectivity index (χ0n) is 24.1. The predicted molar refractivity (Wildman–Crippen MR) is 162 cm³/mol. The van der Waals surface area contributed by atoms with E-state index in [1.165, 1.54) is 5.56 Å². The van der Waals surface area contributed by atoms with E-state index in [9.17, 15) is 14.4 Å². The molecule has 220 valence electrons. The molecule has 1 amide bonds. The average molecular weight is 579 g/mol. The Labute approximate surface area is 251 Å². The number of rotatable bonds is 12. The van der Waals surface area contributed by atoms with E-state index >= 15 is 0 Å². The van der Waals surface area contributed by atoms with E-state index in [0.29, 0.717) is 18.6 Å². The highest BCUT2D eigenvalue weighted by Gasteiger charge is 2.30. The molecule has 0 unspecified atom stereocenters. The van der Waals surface area contributed by atoms with E-state index in [2.05, 4.69) is 22.8 Å². The van der Waals surface area contributed by atoms with E-state index in [1.807, 2.05) is 67.6 Å². The molecule has 1 aliphatic rings. The molecule has 4 aromatic rings. The van der Waals surface area contributed by atoms with Gasteiger partial charge < -0.3 is 19.0 Å². The van der Waals surface area contributed by atoms with Crippen LogP contribution in [0.25, 0.3) is 11.1 Å². The zero-order chi connectivity index (χ0) is 30.2. The van der Waals surface area contributed by atoms with Gasteiger partial charge >= 0.3 is 12.1 Å². The molecule has 8 heteroatoms. The molecule has 1 aliphatic carbocycles. The van der Waals surface area contributed by atoms with E-state index in [1.54, 1.807) is 31.2 Å². The number of aldehydes is 1. The lowest BCUT2D eigenvalue weighted by Gasteiger charge is -2.21. The molecule has 2 atom stereocenters. The van der Waals surface area contributed by atoms with Crippen LogP contribution in [0, 0.1) is 6.92 Å². The smallest absolute Gasteiger partial charge is 0.408 e. The fourth-order valence-electron chi connectivity index (χ4n) is 5.00. The second kappa shape index (κ2) is 13.8. The van der Waals surface area contributed by atoms with Crippen LogP contribution in [0.2, 0.25) is 0 Å². The van der Waals surface area contributed by atoms with Crippen molar-refractivity contribution in [3.8, 4) is 16.9 Å². The molecule has 8 nitrogen and oxygen atoms in total. The molecule has 0 radical (unpaired) electrons. The van der Waals surface area contributed by atoms with Gasteiger partial charge in [0.1, 0.15) is 31.9 Å².